The molecular weight excluding hydrogens is 376 g/mol. The SMILES string of the molecule is Cn1cc(-c2cc3c(-c4cc5c(-c6cccnc6)nccc5[nH]4)n[nH]c3cn2)cn1. The molecule has 8 heteroatoms. The highest BCUT2D eigenvalue weighted by atomic mass is 15.2. The van der Waals surface area contributed by atoms with Crippen molar-refractivity contribution >= 4 is 21.8 Å². The minimum Gasteiger partial charge on any atom is -0.353 e. The van der Waals surface area contributed by atoms with Crippen LogP contribution in [-0.4, -0.2) is 39.9 Å². The van der Waals surface area contributed by atoms with Crippen LogP contribution in [0.1, 0.15) is 0 Å². The molecule has 0 aliphatic carbocycles. The molecule has 0 radical (unpaired) electrons. The maximum atomic E-state index is 4.58. The van der Waals surface area contributed by atoms with Crippen molar-refractivity contribution in [1.82, 2.24) is 39.9 Å². The maximum Gasteiger partial charge on any atom is 0.116 e. The van der Waals surface area contributed by atoms with Gasteiger partial charge in [-0.2, -0.15) is 10.2 Å². The first-order valence-electron chi connectivity index (χ1n) is 9.48. The van der Waals surface area contributed by atoms with Crippen molar-refractivity contribution in [3.63, 3.8) is 0 Å². The molecule has 0 fully saturated rings. The Kier molecular flexibility index (Phi) is 3.51. The number of hydrogen-bond acceptors (Lipinski definition) is 5. The van der Waals surface area contributed by atoms with Gasteiger partial charge in [-0.1, -0.05) is 0 Å². The number of fused-ring (bicyclic) bond motifs is 2. The van der Waals surface area contributed by atoms with Gasteiger partial charge in [-0.05, 0) is 30.3 Å². The van der Waals surface area contributed by atoms with E-state index in [1.54, 1.807) is 23.3 Å². The van der Waals surface area contributed by atoms with Gasteiger partial charge in [0, 0.05) is 59.3 Å². The molecule has 0 aliphatic heterocycles. The Balaban J connectivity index is 1.52. The normalized spacial score (nSPS) is 11.5. The number of aryl methyl sites for hydroxylation is 1. The van der Waals surface area contributed by atoms with E-state index in [-0.39, 0.29) is 0 Å². The van der Waals surface area contributed by atoms with Crippen LogP contribution in [0.2, 0.25) is 0 Å². The van der Waals surface area contributed by atoms with Crippen molar-refractivity contribution in [2.24, 2.45) is 7.05 Å². The molecule has 0 unspecified atom stereocenters. The summed E-state index contributed by atoms with van der Waals surface area (Å²) in [4.78, 5) is 16.8. The van der Waals surface area contributed by atoms with Crippen molar-refractivity contribution in [3.8, 4) is 33.9 Å². The number of aromatic nitrogens is 8. The quantitative estimate of drug-likeness (QED) is 0.475. The van der Waals surface area contributed by atoms with E-state index in [4.69, 9.17) is 0 Å². The fraction of sp³-hybridized carbons (Fsp3) is 0.0455. The Hall–Kier alpha value is -4.33. The van der Waals surface area contributed by atoms with Gasteiger partial charge in [-0.15, -0.1) is 0 Å². The number of pyridine rings is 3. The van der Waals surface area contributed by atoms with Crippen LogP contribution in [0.4, 0.5) is 0 Å². The lowest BCUT2D eigenvalue weighted by Crippen LogP contribution is -1.85. The van der Waals surface area contributed by atoms with Crippen LogP contribution in [-0.2, 0) is 7.05 Å². The number of H-pyrrole nitrogens is 2. The van der Waals surface area contributed by atoms with Crippen LogP contribution < -0.4 is 0 Å². The molecule has 0 saturated heterocycles. The highest BCUT2D eigenvalue weighted by Gasteiger charge is 2.15. The third-order valence-electron chi connectivity index (χ3n) is 5.19. The monoisotopic (exact) mass is 392 g/mol. The fourth-order valence-electron chi connectivity index (χ4n) is 3.75. The molecule has 8 nitrogen and oxygen atoms in total. The van der Waals surface area contributed by atoms with Gasteiger partial charge in [0.25, 0.3) is 0 Å². The van der Waals surface area contributed by atoms with Gasteiger partial charge in [0.2, 0.25) is 0 Å². The van der Waals surface area contributed by atoms with Gasteiger partial charge in [0.15, 0.2) is 0 Å². The summed E-state index contributed by atoms with van der Waals surface area (Å²) in [6.45, 7) is 0. The first-order chi connectivity index (χ1) is 14.8. The zero-order valence-corrected chi connectivity index (χ0v) is 16.0. The van der Waals surface area contributed by atoms with E-state index in [1.807, 2.05) is 49.9 Å². The molecule has 6 aromatic rings. The molecule has 0 atom stereocenters. The van der Waals surface area contributed by atoms with Crippen LogP contribution in [0.25, 0.3) is 55.7 Å². The predicted octanol–water partition coefficient (Wildman–Crippen LogP) is 3.96. The van der Waals surface area contributed by atoms with Gasteiger partial charge >= 0.3 is 0 Å². The second-order valence-corrected chi connectivity index (χ2v) is 7.14. The first kappa shape index (κ1) is 16.6. The standard InChI is InChI=1S/C22H16N8/c1-30-12-14(10-26-30)18-7-16-20(11-25-18)28-29-22(16)19-8-15-17(27-19)4-6-24-21(15)13-3-2-5-23-9-13/h2-12,27H,1H3,(H,28,29). The summed E-state index contributed by atoms with van der Waals surface area (Å²) >= 11 is 0. The van der Waals surface area contributed by atoms with Crippen molar-refractivity contribution in [1.29, 1.82) is 0 Å². The molecule has 30 heavy (non-hydrogen) atoms. The van der Waals surface area contributed by atoms with Crippen molar-refractivity contribution < 1.29 is 0 Å². The molecule has 0 amide bonds. The van der Waals surface area contributed by atoms with Crippen LogP contribution in [0.3, 0.4) is 0 Å². The third kappa shape index (κ3) is 2.58. The van der Waals surface area contributed by atoms with Crippen molar-refractivity contribution in [3.05, 3.63) is 67.5 Å². The molecule has 144 valence electrons. The Morgan fingerprint density at radius 2 is 1.80 bits per heavy atom. The van der Waals surface area contributed by atoms with E-state index >= 15 is 0 Å². The average molecular weight is 392 g/mol. The van der Waals surface area contributed by atoms with Crippen LogP contribution in [0.5, 0.6) is 0 Å². The Labute approximate surface area is 170 Å². The maximum absolute atomic E-state index is 4.58. The Morgan fingerprint density at radius 1 is 0.867 bits per heavy atom. The fourth-order valence-corrected chi connectivity index (χ4v) is 3.75. The molecule has 6 heterocycles. The first-order valence-corrected chi connectivity index (χ1v) is 9.48. The summed E-state index contributed by atoms with van der Waals surface area (Å²) in [5, 5.41) is 13.9. The van der Waals surface area contributed by atoms with Gasteiger partial charge < -0.3 is 4.98 Å². The van der Waals surface area contributed by atoms with Crippen LogP contribution >= 0.6 is 0 Å². The summed E-state index contributed by atoms with van der Waals surface area (Å²) in [6.07, 6.45) is 10.9. The number of nitrogens with one attached hydrogen (secondary N) is 2. The van der Waals surface area contributed by atoms with E-state index in [2.05, 4.69) is 41.3 Å². The molecule has 0 aliphatic rings. The zero-order valence-electron chi connectivity index (χ0n) is 16.0. The average Bonchev–Trinajstić information content (AvgIpc) is 3.50. The molecule has 2 N–H and O–H groups in total. The minimum absolute atomic E-state index is 0.839. The summed E-state index contributed by atoms with van der Waals surface area (Å²) in [7, 11) is 1.89. The van der Waals surface area contributed by atoms with E-state index in [9.17, 15) is 0 Å². The summed E-state index contributed by atoms with van der Waals surface area (Å²) in [5.74, 6) is 0. The largest absolute Gasteiger partial charge is 0.353 e. The Bertz CT molecular complexity index is 1510. The van der Waals surface area contributed by atoms with Gasteiger partial charge in [-0.25, -0.2) is 0 Å². The van der Waals surface area contributed by atoms with Crippen LogP contribution in [0, 0.1) is 0 Å². The van der Waals surface area contributed by atoms with Gasteiger partial charge in [-0.3, -0.25) is 24.7 Å². The topological polar surface area (TPSA) is 101 Å². The lowest BCUT2D eigenvalue weighted by molar-refractivity contribution is 0.768. The molecule has 0 bridgehead atoms. The second kappa shape index (κ2) is 6.35. The van der Waals surface area contributed by atoms with E-state index < -0.39 is 0 Å². The highest BCUT2D eigenvalue weighted by molar-refractivity contribution is 6.00. The number of nitrogens with zero attached hydrogens (tertiary/aromatic N) is 6. The minimum atomic E-state index is 0.839. The van der Waals surface area contributed by atoms with E-state index in [0.717, 1.165) is 55.7 Å². The predicted molar refractivity (Wildman–Crippen MR) is 114 cm³/mol. The summed E-state index contributed by atoms with van der Waals surface area (Å²) < 4.78 is 1.77. The van der Waals surface area contributed by atoms with Crippen LogP contribution in [0.15, 0.2) is 67.5 Å². The van der Waals surface area contributed by atoms with E-state index in [1.165, 1.54) is 0 Å². The lowest BCUT2D eigenvalue weighted by Gasteiger charge is -2.00. The molecule has 6 rings (SSSR count). The third-order valence-corrected chi connectivity index (χ3v) is 5.19. The summed E-state index contributed by atoms with van der Waals surface area (Å²) in [6, 6.07) is 10.0. The molecule has 0 spiro atoms. The number of aromatic amines is 2. The molecule has 6 aromatic heterocycles. The Morgan fingerprint density at radius 3 is 2.63 bits per heavy atom. The smallest absolute Gasteiger partial charge is 0.116 e. The molecular formula is C22H16N8. The van der Waals surface area contributed by atoms with Gasteiger partial charge in [0.05, 0.1) is 35.0 Å². The second-order valence-electron chi connectivity index (χ2n) is 7.14. The van der Waals surface area contributed by atoms with Crippen molar-refractivity contribution in [2.75, 3.05) is 0 Å². The lowest BCUT2D eigenvalue weighted by atomic mass is 10.1. The highest BCUT2D eigenvalue weighted by Crippen LogP contribution is 2.33. The number of hydrogen-bond donors (Lipinski definition) is 2. The van der Waals surface area contributed by atoms with Crippen molar-refractivity contribution in [2.45, 2.75) is 0 Å². The summed E-state index contributed by atoms with van der Waals surface area (Å²) in [5.41, 5.74) is 7.31. The van der Waals surface area contributed by atoms with Gasteiger partial charge in [0.1, 0.15) is 5.69 Å². The number of rotatable bonds is 3. The zero-order chi connectivity index (χ0) is 20.1. The van der Waals surface area contributed by atoms with E-state index in [0.29, 0.717) is 0 Å². The molecule has 0 aromatic carbocycles. The molecule has 0 saturated carbocycles.